The zero-order valence-electron chi connectivity index (χ0n) is 5.38. The summed E-state index contributed by atoms with van der Waals surface area (Å²) in [6.07, 6.45) is 2.63. The molecule has 0 aliphatic carbocycles. The number of rotatable bonds is 2. The second-order valence-corrected chi connectivity index (χ2v) is 2.53. The van der Waals surface area contributed by atoms with E-state index in [0.29, 0.717) is 11.9 Å². The Hall–Kier alpha value is -0.240. The van der Waals surface area contributed by atoms with Crippen LogP contribution in [0, 0.1) is 0 Å². The lowest BCUT2D eigenvalue weighted by molar-refractivity contribution is 0.202. The van der Waals surface area contributed by atoms with Gasteiger partial charge in [0.25, 0.3) is 0 Å². The molecule has 1 aliphatic heterocycles. The molecule has 0 spiro atoms. The number of aliphatic imine (C=N–C) groups is 1. The Morgan fingerprint density at radius 3 is 3.00 bits per heavy atom. The Bertz CT molecular complexity index is 116. The van der Waals surface area contributed by atoms with E-state index >= 15 is 0 Å². The van der Waals surface area contributed by atoms with Crippen LogP contribution in [0.2, 0.25) is 0 Å². The third kappa shape index (κ3) is 1.58. The smallest absolute Gasteiger partial charge is 0.170 e. The van der Waals surface area contributed by atoms with E-state index in [1.807, 2.05) is 6.92 Å². The Kier molecular flexibility index (Phi) is 2.34. The molecule has 2 unspecified atom stereocenters. The minimum absolute atomic E-state index is 0.225. The van der Waals surface area contributed by atoms with E-state index in [0.717, 1.165) is 6.42 Å². The molecule has 2 nitrogen and oxygen atoms in total. The lowest BCUT2D eigenvalue weighted by Crippen LogP contribution is -2.18. The van der Waals surface area contributed by atoms with Gasteiger partial charge in [-0.05, 0) is 13.3 Å². The molecule has 0 saturated carbocycles. The molecule has 9 heavy (non-hydrogen) atoms. The van der Waals surface area contributed by atoms with Crippen LogP contribution in [0.3, 0.4) is 0 Å². The minimum atomic E-state index is 0.225. The average Bonchev–Trinajstić information content (AvgIpc) is 2.18. The van der Waals surface area contributed by atoms with E-state index in [2.05, 4.69) is 4.99 Å². The number of halogens is 1. The van der Waals surface area contributed by atoms with E-state index in [1.165, 1.54) is 6.40 Å². The average molecular weight is 148 g/mol. The van der Waals surface area contributed by atoms with Crippen LogP contribution in [0.25, 0.3) is 0 Å². The summed E-state index contributed by atoms with van der Waals surface area (Å²) in [6.45, 7) is 2.03. The predicted molar refractivity (Wildman–Crippen MR) is 38.2 cm³/mol. The molecular weight excluding hydrogens is 138 g/mol. The first kappa shape index (κ1) is 6.87. The number of alkyl halides is 1. The molecule has 52 valence electrons. The van der Waals surface area contributed by atoms with Gasteiger partial charge in [-0.25, -0.2) is 0 Å². The summed E-state index contributed by atoms with van der Waals surface area (Å²) >= 11 is 5.51. The summed E-state index contributed by atoms with van der Waals surface area (Å²) in [5, 5.41) is 0. The number of ether oxygens (including phenoxy) is 1. The maximum atomic E-state index is 5.51. The van der Waals surface area contributed by atoms with Gasteiger partial charge in [0.15, 0.2) is 6.40 Å². The predicted octanol–water partition coefficient (Wildman–Crippen LogP) is 1.43. The second-order valence-electron chi connectivity index (χ2n) is 2.15. The first-order chi connectivity index (χ1) is 4.34. The van der Waals surface area contributed by atoms with Crippen LogP contribution in [0.5, 0.6) is 0 Å². The van der Waals surface area contributed by atoms with Crippen LogP contribution >= 0.6 is 11.6 Å². The van der Waals surface area contributed by atoms with Gasteiger partial charge in [-0.15, -0.1) is 11.6 Å². The summed E-state index contributed by atoms with van der Waals surface area (Å²) in [6, 6.07) is 0.295. The van der Waals surface area contributed by atoms with Gasteiger partial charge in [0.2, 0.25) is 0 Å². The van der Waals surface area contributed by atoms with E-state index in [-0.39, 0.29) is 6.10 Å². The van der Waals surface area contributed by atoms with Crippen molar-refractivity contribution in [1.29, 1.82) is 0 Å². The molecule has 0 aromatic carbocycles. The van der Waals surface area contributed by atoms with Gasteiger partial charge in [-0.3, -0.25) is 4.99 Å². The summed E-state index contributed by atoms with van der Waals surface area (Å²) in [4.78, 5) is 4.03. The molecule has 1 rings (SSSR count). The monoisotopic (exact) mass is 147 g/mol. The SMILES string of the molecule is CC1N=COC1CCCl. The minimum Gasteiger partial charge on any atom is -0.478 e. The van der Waals surface area contributed by atoms with Crippen LogP contribution in [0.15, 0.2) is 4.99 Å². The lowest BCUT2D eigenvalue weighted by Gasteiger charge is -2.10. The summed E-state index contributed by atoms with van der Waals surface area (Å²) in [5.74, 6) is 0.651. The highest BCUT2D eigenvalue weighted by atomic mass is 35.5. The first-order valence-corrected chi connectivity index (χ1v) is 3.61. The van der Waals surface area contributed by atoms with Crippen molar-refractivity contribution in [3.8, 4) is 0 Å². The largest absolute Gasteiger partial charge is 0.478 e. The summed E-state index contributed by atoms with van der Waals surface area (Å²) < 4.78 is 5.13. The van der Waals surface area contributed by atoms with Crippen LogP contribution in [-0.4, -0.2) is 24.4 Å². The normalized spacial score (nSPS) is 32.7. The first-order valence-electron chi connectivity index (χ1n) is 3.07. The topological polar surface area (TPSA) is 21.6 Å². The molecule has 0 amide bonds. The highest BCUT2D eigenvalue weighted by Crippen LogP contribution is 2.12. The molecule has 0 N–H and O–H groups in total. The van der Waals surface area contributed by atoms with Crippen molar-refractivity contribution in [2.45, 2.75) is 25.5 Å². The Morgan fingerprint density at radius 1 is 1.78 bits per heavy atom. The Labute approximate surface area is 59.9 Å². The molecule has 0 aromatic rings. The zero-order chi connectivity index (χ0) is 6.69. The fourth-order valence-electron chi connectivity index (χ4n) is 0.836. The van der Waals surface area contributed by atoms with E-state index in [1.54, 1.807) is 0 Å². The van der Waals surface area contributed by atoms with Crippen molar-refractivity contribution < 1.29 is 4.74 Å². The van der Waals surface area contributed by atoms with E-state index < -0.39 is 0 Å². The van der Waals surface area contributed by atoms with Gasteiger partial charge < -0.3 is 4.74 Å². The van der Waals surface area contributed by atoms with Crippen molar-refractivity contribution in [3.63, 3.8) is 0 Å². The van der Waals surface area contributed by atoms with Gasteiger partial charge >= 0.3 is 0 Å². The summed E-state index contributed by atoms with van der Waals surface area (Å²) in [5.41, 5.74) is 0. The molecule has 1 aliphatic rings. The molecular formula is C6H10ClNO. The van der Waals surface area contributed by atoms with Crippen LogP contribution in [0.4, 0.5) is 0 Å². The van der Waals surface area contributed by atoms with Gasteiger partial charge in [0.1, 0.15) is 6.10 Å². The second kappa shape index (κ2) is 3.06. The number of nitrogens with zero attached hydrogens (tertiary/aromatic N) is 1. The molecule has 3 heteroatoms. The Morgan fingerprint density at radius 2 is 2.56 bits per heavy atom. The number of hydrogen-bond acceptors (Lipinski definition) is 2. The van der Waals surface area contributed by atoms with Gasteiger partial charge in [0, 0.05) is 5.88 Å². The molecule has 0 bridgehead atoms. The van der Waals surface area contributed by atoms with E-state index in [9.17, 15) is 0 Å². The standard InChI is InChI=1S/C6H10ClNO/c1-5-6(2-3-7)9-4-8-5/h4-6H,2-3H2,1H3. The third-order valence-corrected chi connectivity index (χ3v) is 1.68. The van der Waals surface area contributed by atoms with Crippen molar-refractivity contribution in [1.82, 2.24) is 0 Å². The maximum absolute atomic E-state index is 5.51. The van der Waals surface area contributed by atoms with Crippen LogP contribution in [0.1, 0.15) is 13.3 Å². The summed E-state index contributed by atoms with van der Waals surface area (Å²) in [7, 11) is 0. The third-order valence-electron chi connectivity index (χ3n) is 1.46. The molecule has 0 aromatic heterocycles. The van der Waals surface area contributed by atoms with Crippen molar-refractivity contribution in [2.75, 3.05) is 5.88 Å². The van der Waals surface area contributed by atoms with Crippen LogP contribution < -0.4 is 0 Å². The molecule has 1 heterocycles. The fourth-order valence-corrected chi connectivity index (χ4v) is 1.05. The highest BCUT2D eigenvalue weighted by molar-refractivity contribution is 6.17. The quantitative estimate of drug-likeness (QED) is 0.542. The van der Waals surface area contributed by atoms with Gasteiger partial charge in [-0.2, -0.15) is 0 Å². The van der Waals surface area contributed by atoms with Crippen LogP contribution in [-0.2, 0) is 4.74 Å². The molecule has 0 radical (unpaired) electrons. The van der Waals surface area contributed by atoms with Gasteiger partial charge in [-0.1, -0.05) is 0 Å². The molecule has 0 fully saturated rings. The van der Waals surface area contributed by atoms with Crippen molar-refractivity contribution in [3.05, 3.63) is 0 Å². The maximum Gasteiger partial charge on any atom is 0.170 e. The van der Waals surface area contributed by atoms with Crippen molar-refractivity contribution >= 4 is 18.0 Å². The number of hydrogen-bond donors (Lipinski definition) is 0. The zero-order valence-corrected chi connectivity index (χ0v) is 6.14. The molecule has 2 atom stereocenters. The highest BCUT2D eigenvalue weighted by Gasteiger charge is 2.19. The molecule has 0 saturated heterocycles. The lowest BCUT2D eigenvalue weighted by atomic mass is 10.1. The van der Waals surface area contributed by atoms with Crippen molar-refractivity contribution in [2.24, 2.45) is 4.99 Å². The fraction of sp³-hybridized carbons (Fsp3) is 0.833. The Balaban J connectivity index is 2.28. The van der Waals surface area contributed by atoms with Gasteiger partial charge in [0.05, 0.1) is 6.04 Å². The van der Waals surface area contributed by atoms with E-state index in [4.69, 9.17) is 16.3 Å².